The Morgan fingerprint density at radius 2 is 1.86 bits per heavy atom. The molecule has 152 valence electrons. The van der Waals surface area contributed by atoms with Crippen molar-refractivity contribution in [2.24, 2.45) is 0 Å². The smallest absolute Gasteiger partial charge is 0.293 e. The minimum absolute atomic E-state index is 0.0995. The lowest BCUT2D eigenvalue weighted by molar-refractivity contribution is -0.383. The van der Waals surface area contributed by atoms with Gasteiger partial charge in [-0.3, -0.25) is 19.8 Å². The quantitative estimate of drug-likeness (QED) is 0.597. The van der Waals surface area contributed by atoms with Gasteiger partial charge in [0.2, 0.25) is 0 Å². The van der Waals surface area contributed by atoms with Crippen LogP contribution in [0.3, 0.4) is 0 Å². The van der Waals surface area contributed by atoms with Gasteiger partial charge in [0.1, 0.15) is 5.69 Å². The first-order chi connectivity index (χ1) is 14.1. The molecule has 2 aliphatic rings. The summed E-state index contributed by atoms with van der Waals surface area (Å²) in [5.41, 5.74) is 1.39. The van der Waals surface area contributed by atoms with Crippen molar-refractivity contribution in [3.63, 3.8) is 0 Å². The average molecular weight is 395 g/mol. The first-order valence-electron chi connectivity index (χ1n) is 9.96. The second-order valence-electron chi connectivity index (χ2n) is 7.46. The summed E-state index contributed by atoms with van der Waals surface area (Å²) in [6, 6.07) is 14.3. The van der Waals surface area contributed by atoms with Crippen molar-refractivity contribution >= 4 is 23.0 Å². The zero-order chi connectivity index (χ0) is 20.2. The van der Waals surface area contributed by atoms with Crippen LogP contribution in [-0.2, 0) is 0 Å². The Balaban J connectivity index is 1.48. The molecule has 0 bridgehead atoms. The number of nitro benzene ring substituents is 1. The number of benzene rings is 2. The maximum Gasteiger partial charge on any atom is 0.293 e. The first kappa shape index (κ1) is 19.4. The van der Waals surface area contributed by atoms with E-state index < -0.39 is 4.92 Å². The normalized spacial score (nSPS) is 19.9. The van der Waals surface area contributed by atoms with Gasteiger partial charge in [0.25, 0.3) is 11.6 Å². The van der Waals surface area contributed by atoms with Crippen LogP contribution >= 0.6 is 0 Å². The summed E-state index contributed by atoms with van der Waals surface area (Å²) < 4.78 is 0. The van der Waals surface area contributed by atoms with Crippen LogP contribution in [0, 0.1) is 10.1 Å². The zero-order valence-electron chi connectivity index (χ0n) is 16.2. The molecular weight excluding hydrogens is 370 g/mol. The van der Waals surface area contributed by atoms with Crippen molar-refractivity contribution in [3.05, 3.63) is 64.2 Å². The van der Waals surface area contributed by atoms with Gasteiger partial charge in [-0.15, -0.1) is 0 Å². The summed E-state index contributed by atoms with van der Waals surface area (Å²) in [4.78, 5) is 28.4. The highest BCUT2D eigenvalue weighted by molar-refractivity contribution is 5.96. The highest BCUT2D eigenvalue weighted by Gasteiger charge is 2.32. The second kappa shape index (κ2) is 8.59. The number of anilines is 2. The van der Waals surface area contributed by atoms with Crippen molar-refractivity contribution < 1.29 is 9.72 Å². The molecule has 2 aliphatic heterocycles. The van der Waals surface area contributed by atoms with Crippen molar-refractivity contribution in [1.82, 2.24) is 15.1 Å². The standard InChI is InChI=1S/C21H25N5O3/c27-21(25-11-8-18(15-25)24-12-9-22-10-13-24)16-6-7-19(20(14-16)26(28)29)23-17-4-2-1-3-5-17/h1-7,14,18,22-23H,8-13,15H2. The Labute approximate surface area is 169 Å². The van der Waals surface area contributed by atoms with Crippen LogP contribution in [0.1, 0.15) is 16.8 Å². The van der Waals surface area contributed by atoms with Crippen LogP contribution in [-0.4, -0.2) is 65.9 Å². The Kier molecular flexibility index (Phi) is 5.73. The third-order valence-electron chi connectivity index (χ3n) is 5.61. The Morgan fingerprint density at radius 3 is 2.59 bits per heavy atom. The van der Waals surface area contributed by atoms with Crippen LogP contribution < -0.4 is 10.6 Å². The molecule has 0 spiro atoms. The molecule has 1 amide bonds. The summed E-state index contributed by atoms with van der Waals surface area (Å²) in [6.45, 7) is 5.32. The fourth-order valence-electron chi connectivity index (χ4n) is 4.05. The van der Waals surface area contributed by atoms with Gasteiger partial charge in [-0.1, -0.05) is 18.2 Å². The zero-order valence-corrected chi connectivity index (χ0v) is 16.2. The molecule has 2 fully saturated rings. The van der Waals surface area contributed by atoms with Gasteiger partial charge >= 0.3 is 0 Å². The molecule has 0 aliphatic carbocycles. The highest BCUT2D eigenvalue weighted by atomic mass is 16.6. The van der Waals surface area contributed by atoms with Crippen molar-refractivity contribution in [2.45, 2.75) is 12.5 Å². The van der Waals surface area contributed by atoms with Gasteiger partial charge in [-0.25, -0.2) is 0 Å². The van der Waals surface area contributed by atoms with Crippen LogP contribution in [0.5, 0.6) is 0 Å². The molecule has 1 atom stereocenters. The van der Waals surface area contributed by atoms with Crippen LogP contribution in [0.25, 0.3) is 0 Å². The number of nitrogens with one attached hydrogen (secondary N) is 2. The summed E-state index contributed by atoms with van der Waals surface area (Å²) in [7, 11) is 0. The van der Waals surface area contributed by atoms with E-state index in [1.165, 1.54) is 6.07 Å². The van der Waals surface area contributed by atoms with E-state index >= 15 is 0 Å². The van der Waals surface area contributed by atoms with Crippen LogP contribution in [0.2, 0.25) is 0 Å². The fraction of sp³-hybridized carbons (Fsp3) is 0.381. The molecule has 0 aromatic heterocycles. The van der Waals surface area contributed by atoms with Gasteiger partial charge in [-0.05, 0) is 30.7 Å². The van der Waals surface area contributed by atoms with E-state index in [4.69, 9.17) is 0 Å². The number of likely N-dealkylation sites (tertiary alicyclic amines) is 1. The number of nitrogens with zero attached hydrogens (tertiary/aromatic N) is 3. The predicted octanol–water partition coefficient (Wildman–Crippen LogP) is 2.46. The minimum atomic E-state index is -0.449. The first-order valence-corrected chi connectivity index (χ1v) is 9.96. The summed E-state index contributed by atoms with van der Waals surface area (Å²) in [5.74, 6) is -0.142. The molecule has 2 aromatic carbocycles. The fourth-order valence-corrected chi connectivity index (χ4v) is 4.05. The van der Waals surface area contributed by atoms with Crippen molar-refractivity contribution in [2.75, 3.05) is 44.6 Å². The maximum atomic E-state index is 13.0. The number of hydrogen-bond acceptors (Lipinski definition) is 6. The van der Waals surface area contributed by atoms with E-state index in [1.807, 2.05) is 35.2 Å². The number of amides is 1. The maximum absolute atomic E-state index is 13.0. The SMILES string of the molecule is O=C(c1ccc(Nc2ccccc2)c([N+](=O)[O-])c1)N1CCC(N2CCNCC2)C1. The molecule has 8 nitrogen and oxygen atoms in total. The third-order valence-corrected chi connectivity index (χ3v) is 5.61. The molecular formula is C21H25N5O3. The number of carbonyl (C=O) groups is 1. The number of para-hydroxylation sites is 1. The van der Waals surface area contributed by atoms with Crippen LogP contribution in [0.4, 0.5) is 17.1 Å². The molecule has 2 heterocycles. The summed E-state index contributed by atoms with van der Waals surface area (Å²) in [6.07, 6.45) is 0.946. The number of nitro groups is 1. The Bertz CT molecular complexity index is 883. The van der Waals surface area contributed by atoms with Crippen LogP contribution in [0.15, 0.2) is 48.5 Å². The number of carbonyl (C=O) groups excluding carboxylic acids is 1. The molecule has 0 radical (unpaired) electrons. The lowest BCUT2D eigenvalue weighted by atomic mass is 10.1. The minimum Gasteiger partial charge on any atom is -0.350 e. The van der Waals surface area contributed by atoms with Gasteiger partial charge in [0, 0.05) is 62.6 Å². The molecule has 29 heavy (non-hydrogen) atoms. The highest BCUT2D eigenvalue weighted by Crippen LogP contribution is 2.29. The monoisotopic (exact) mass is 395 g/mol. The molecule has 8 heteroatoms. The number of hydrogen-bond donors (Lipinski definition) is 2. The molecule has 4 rings (SSSR count). The largest absolute Gasteiger partial charge is 0.350 e. The number of rotatable bonds is 5. The topological polar surface area (TPSA) is 90.7 Å². The van der Waals surface area contributed by atoms with Crippen molar-refractivity contribution in [1.29, 1.82) is 0 Å². The van der Waals surface area contributed by atoms with E-state index in [1.54, 1.807) is 12.1 Å². The van der Waals surface area contributed by atoms with Crippen molar-refractivity contribution in [3.8, 4) is 0 Å². The molecule has 2 saturated heterocycles. The lowest BCUT2D eigenvalue weighted by Crippen LogP contribution is -2.49. The van der Waals surface area contributed by atoms with E-state index in [-0.39, 0.29) is 11.6 Å². The Morgan fingerprint density at radius 1 is 1.10 bits per heavy atom. The molecule has 2 aromatic rings. The molecule has 0 saturated carbocycles. The predicted molar refractivity (Wildman–Crippen MR) is 112 cm³/mol. The van der Waals surface area contributed by atoms with Gasteiger partial charge < -0.3 is 15.5 Å². The van der Waals surface area contributed by atoms with Gasteiger partial charge in [-0.2, -0.15) is 0 Å². The second-order valence-corrected chi connectivity index (χ2v) is 7.46. The molecule has 2 N–H and O–H groups in total. The average Bonchev–Trinajstić information content (AvgIpc) is 3.25. The number of piperazine rings is 1. The third kappa shape index (κ3) is 4.38. The summed E-state index contributed by atoms with van der Waals surface area (Å²) in [5, 5.41) is 18.0. The molecule has 1 unspecified atom stereocenters. The van der Waals surface area contributed by atoms with Gasteiger partial charge in [0.15, 0.2) is 0 Å². The van der Waals surface area contributed by atoms with Gasteiger partial charge in [0.05, 0.1) is 4.92 Å². The van der Waals surface area contributed by atoms with E-state index in [0.29, 0.717) is 30.4 Å². The van der Waals surface area contributed by atoms with E-state index in [9.17, 15) is 14.9 Å². The Hall–Kier alpha value is -2.97. The van der Waals surface area contributed by atoms with E-state index in [0.717, 1.165) is 38.3 Å². The lowest BCUT2D eigenvalue weighted by Gasteiger charge is -2.32. The van der Waals surface area contributed by atoms with E-state index in [2.05, 4.69) is 15.5 Å². The summed E-state index contributed by atoms with van der Waals surface area (Å²) >= 11 is 0.